The topological polar surface area (TPSA) is 24.7 Å². The van der Waals surface area contributed by atoms with Gasteiger partial charge in [0.1, 0.15) is 0 Å². The van der Waals surface area contributed by atoms with E-state index in [1.54, 1.807) is 0 Å². The van der Waals surface area contributed by atoms with Crippen molar-refractivity contribution in [1.82, 2.24) is 0 Å². The second-order valence-electron chi connectivity index (χ2n) is 6.42. The van der Waals surface area contributed by atoms with Gasteiger partial charge in [-0.1, -0.05) is 84.9 Å². The lowest BCUT2D eigenvalue weighted by molar-refractivity contribution is 1.22. The fourth-order valence-electron chi connectivity index (χ4n) is 3.34. The molecule has 4 rings (SSSR count). The zero-order chi connectivity index (χ0) is 17.9. The maximum absolute atomic E-state index is 4.53. The van der Waals surface area contributed by atoms with Gasteiger partial charge in [0.2, 0.25) is 0 Å². The molecule has 2 heteroatoms. The Kier molecular flexibility index (Phi) is 4.32. The zero-order valence-electron chi connectivity index (χ0n) is 15.0. The Hall–Kier alpha value is -3.26. The molecule has 4 aromatic rings. The summed E-state index contributed by atoms with van der Waals surface area (Å²) in [4.78, 5) is 0. The van der Waals surface area contributed by atoms with Gasteiger partial charge in [-0.2, -0.15) is 10.2 Å². The maximum Gasteiger partial charge on any atom is 0.0678 e. The fourth-order valence-corrected chi connectivity index (χ4v) is 3.34. The smallest absolute Gasteiger partial charge is 0.0678 e. The highest BCUT2D eigenvalue weighted by Gasteiger charge is 2.05. The number of rotatable bonds is 3. The Morgan fingerprint density at radius 2 is 0.885 bits per heavy atom. The molecule has 0 unspecified atom stereocenters. The van der Waals surface area contributed by atoms with Crippen LogP contribution < -0.4 is 0 Å². The maximum atomic E-state index is 4.53. The van der Waals surface area contributed by atoms with Gasteiger partial charge in [-0.25, -0.2) is 0 Å². The first-order valence-corrected chi connectivity index (χ1v) is 8.79. The first-order chi connectivity index (χ1) is 12.7. The molecule has 0 amide bonds. The molecule has 4 aromatic carbocycles. The van der Waals surface area contributed by atoms with Crippen molar-refractivity contribution in [2.24, 2.45) is 10.2 Å². The zero-order valence-corrected chi connectivity index (χ0v) is 15.0. The van der Waals surface area contributed by atoms with Gasteiger partial charge >= 0.3 is 0 Å². The summed E-state index contributed by atoms with van der Waals surface area (Å²) < 4.78 is 0. The van der Waals surface area contributed by atoms with Gasteiger partial charge in [-0.05, 0) is 35.4 Å². The molecule has 0 spiro atoms. The van der Waals surface area contributed by atoms with Gasteiger partial charge in [0.25, 0.3) is 0 Å². The SMILES string of the molecule is C/C(=N\N=C(/C)c1cccc2ccccc12)c1cccc2ccccc12. The van der Waals surface area contributed by atoms with Crippen LogP contribution in [0.4, 0.5) is 0 Å². The minimum absolute atomic E-state index is 0.918. The number of benzene rings is 4. The molecule has 0 fully saturated rings. The number of fused-ring (bicyclic) bond motifs is 2. The highest BCUT2D eigenvalue weighted by atomic mass is 15.2. The van der Waals surface area contributed by atoms with E-state index in [9.17, 15) is 0 Å². The highest BCUT2D eigenvalue weighted by molar-refractivity contribution is 6.12. The van der Waals surface area contributed by atoms with E-state index in [-0.39, 0.29) is 0 Å². The summed E-state index contributed by atoms with van der Waals surface area (Å²) in [6.07, 6.45) is 0. The predicted molar refractivity (Wildman–Crippen MR) is 112 cm³/mol. The van der Waals surface area contributed by atoms with Crippen LogP contribution in [0.1, 0.15) is 25.0 Å². The minimum atomic E-state index is 0.918. The number of nitrogens with zero attached hydrogens (tertiary/aromatic N) is 2. The van der Waals surface area contributed by atoms with Crippen LogP contribution in [0.2, 0.25) is 0 Å². The number of hydrogen-bond donors (Lipinski definition) is 0. The van der Waals surface area contributed by atoms with Crippen LogP contribution in [-0.4, -0.2) is 11.4 Å². The van der Waals surface area contributed by atoms with Crippen molar-refractivity contribution in [3.8, 4) is 0 Å². The molecule has 0 heterocycles. The first kappa shape index (κ1) is 16.2. The third kappa shape index (κ3) is 3.02. The van der Waals surface area contributed by atoms with Crippen molar-refractivity contribution in [2.45, 2.75) is 13.8 Å². The summed E-state index contributed by atoms with van der Waals surface area (Å²) >= 11 is 0. The third-order valence-electron chi connectivity index (χ3n) is 4.71. The lowest BCUT2D eigenvalue weighted by atomic mass is 10.0. The Balaban J connectivity index is 1.75. The molecule has 0 aliphatic rings. The van der Waals surface area contributed by atoms with E-state index >= 15 is 0 Å². The predicted octanol–water partition coefficient (Wildman–Crippen LogP) is 6.23. The Morgan fingerprint density at radius 1 is 0.500 bits per heavy atom. The van der Waals surface area contributed by atoms with Crippen molar-refractivity contribution < 1.29 is 0 Å². The van der Waals surface area contributed by atoms with Crippen molar-refractivity contribution >= 4 is 33.0 Å². The van der Waals surface area contributed by atoms with E-state index in [0.29, 0.717) is 0 Å². The second-order valence-corrected chi connectivity index (χ2v) is 6.42. The summed E-state index contributed by atoms with van der Waals surface area (Å²) in [5.41, 5.74) is 4.08. The Bertz CT molecular complexity index is 1050. The Morgan fingerprint density at radius 3 is 1.35 bits per heavy atom. The molecule has 0 radical (unpaired) electrons. The van der Waals surface area contributed by atoms with Crippen LogP contribution in [-0.2, 0) is 0 Å². The molecule has 126 valence electrons. The van der Waals surface area contributed by atoms with Gasteiger partial charge in [0.05, 0.1) is 11.4 Å². The van der Waals surface area contributed by atoms with E-state index in [1.165, 1.54) is 21.5 Å². The molecule has 0 bridgehead atoms. The lowest BCUT2D eigenvalue weighted by Crippen LogP contribution is -1.98. The van der Waals surface area contributed by atoms with Crippen LogP contribution in [0.3, 0.4) is 0 Å². The van der Waals surface area contributed by atoms with E-state index in [2.05, 4.69) is 95.1 Å². The highest BCUT2D eigenvalue weighted by Crippen LogP contribution is 2.21. The molecule has 0 N–H and O–H groups in total. The lowest BCUT2D eigenvalue weighted by Gasteiger charge is -2.06. The van der Waals surface area contributed by atoms with Crippen molar-refractivity contribution in [3.63, 3.8) is 0 Å². The quantitative estimate of drug-likeness (QED) is 0.313. The van der Waals surface area contributed by atoms with Crippen molar-refractivity contribution in [3.05, 3.63) is 96.1 Å². The van der Waals surface area contributed by atoms with Gasteiger partial charge in [-0.3, -0.25) is 0 Å². The molecule has 0 saturated heterocycles. The fraction of sp³-hybridized carbons (Fsp3) is 0.0833. The molecule has 26 heavy (non-hydrogen) atoms. The summed E-state index contributed by atoms with van der Waals surface area (Å²) in [5.74, 6) is 0. The van der Waals surface area contributed by atoms with Gasteiger partial charge < -0.3 is 0 Å². The molecule has 0 atom stereocenters. The normalized spacial score (nSPS) is 12.7. The van der Waals surface area contributed by atoms with Crippen LogP contribution in [0.25, 0.3) is 21.5 Å². The molecule has 0 aromatic heterocycles. The standard InChI is InChI=1S/C24H20N2/c1-17(21-15-7-11-19-9-3-5-13-23(19)21)25-26-18(2)22-16-8-12-20-10-4-6-14-24(20)22/h3-16H,1-2H3/b25-17+,26-18+. The molecular formula is C24H20N2. The average molecular weight is 336 g/mol. The van der Waals surface area contributed by atoms with Crippen LogP contribution in [0.5, 0.6) is 0 Å². The van der Waals surface area contributed by atoms with E-state index < -0.39 is 0 Å². The van der Waals surface area contributed by atoms with Crippen LogP contribution in [0, 0.1) is 0 Å². The largest absolute Gasteiger partial charge is 0.155 e. The average Bonchev–Trinajstić information content (AvgIpc) is 2.71. The minimum Gasteiger partial charge on any atom is -0.155 e. The molecule has 0 aliphatic carbocycles. The van der Waals surface area contributed by atoms with E-state index in [1.807, 2.05) is 13.8 Å². The van der Waals surface area contributed by atoms with Gasteiger partial charge in [0.15, 0.2) is 0 Å². The van der Waals surface area contributed by atoms with Crippen LogP contribution in [0.15, 0.2) is 95.1 Å². The van der Waals surface area contributed by atoms with Gasteiger partial charge in [0, 0.05) is 11.1 Å². The first-order valence-electron chi connectivity index (χ1n) is 8.79. The summed E-state index contributed by atoms with van der Waals surface area (Å²) in [5, 5.41) is 13.9. The second kappa shape index (κ2) is 6.93. The molecule has 0 saturated carbocycles. The monoisotopic (exact) mass is 336 g/mol. The number of hydrogen-bond acceptors (Lipinski definition) is 2. The Labute approximate surface area is 153 Å². The van der Waals surface area contributed by atoms with Gasteiger partial charge in [-0.15, -0.1) is 0 Å². The van der Waals surface area contributed by atoms with Crippen LogP contribution >= 0.6 is 0 Å². The summed E-state index contributed by atoms with van der Waals surface area (Å²) in [7, 11) is 0. The van der Waals surface area contributed by atoms with E-state index in [0.717, 1.165) is 22.6 Å². The summed E-state index contributed by atoms with van der Waals surface area (Å²) in [6.45, 7) is 4.03. The van der Waals surface area contributed by atoms with Crippen molar-refractivity contribution in [2.75, 3.05) is 0 Å². The summed E-state index contributed by atoms with van der Waals surface area (Å²) in [6, 6.07) is 29.3. The molecule has 2 nitrogen and oxygen atoms in total. The van der Waals surface area contributed by atoms with E-state index in [4.69, 9.17) is 0 Å². The molecular weight excluding hydrogens is 316 g/mol. The molecule has 0 aliphatic heterocycles. The third-order valence-corrected chi connectivity index (χ3v) is 4.71. The van der Waals surface area contributed by atoms with Crippen molar-refractivity contribution in [1.29, 1.82) is 0 Å².